The Kier molecular flexibility index (Phi) is 9.44. The number of H-pyrrole nitrogens is 1. The number of para-hydroxylation sites is 2. The highest BCUT2D eigenvalue weighted by molar-refractivity contribution is 5.92. The molecule has 0 fully saturated rings. The fourth-order valence-electron chi connectivity index (χ4n) is 4.35. The molecule has 1 aromatic heterocycles. The summed E-state index contributed by atoms with van der Waals surface area (Å²) >= 11 is 0. The van der Waals surface area contributed by atoms with Crippen molar-refractivity contribution in [3.63, 3.8) is 0 Å². The number of aromatic amines is 1. The minimum Gasteiger partial charge on any atom is -0.383 e. The molecule has 3 aromatic carbocycles. The lowest BCUT2D eigenvalue weighted by Gasteiger charge is -2.28. The van der Waals surface area contributed by atoms with Crippen LogP contribution < -0.4 is 5.32 Å². The van der Waals surface area contributed by atoms with Crippen LogP contribution in [0, 0.1) is 0 Å². The second kappa shape index (κ2) is 13.2. The van der Waals surface area contributed by atoms with E-state index in [1.54, 1.807) is 29.2 Å². The molecule has 0 spiro atoms. The zero-order valence-corrected chi connectivity index (χ0v) is 22.1. The Morgan fingerprint density at radius 1 is 0.900 bits per heavy atom. The van der Waals surface area contributed by atoms with Gasteiger partial charge in [0.25, 0.3) is 0 Å². The van der Waals surface area contributed by atoms with Crippen molar-refractivity contribution < 1.29 is 27.5 Å². The fraction of sp³-hybridized carbons (Fsp3) is 0.267. The van der Waals surface area contributed by atoms with Gasteiger partial charge in [0.15, 0.2) is 0 Å². The van der Waals surface area contributed by atoms with Crippen molar-refractivity contribution in [2.24, 2.45) is 0 Å². The maximum atomic E-state index is 13.6. The van der Waals surface area contributed by atoms with Crippen molar-refractivity contribution in [3.8, 4) is 0 Å². The average molecular weight is 553 g/mol. The molecule has 210 valence electrons. The molecule has 0 bridgehead atoms. The number of alkyl halides is 3. The third-order valence-electron chi connectivity index (χ3n) is 6.54. The molecule has 0 saturated heterocycles. The number of halogens is 3. The number of nitrogens with one attached hydrogen (secondary N) is 2. The Balaban J connectivity index is 1.52. The molecule has 0 aliphatic carbocycles. The van der Waals surface area contributed by atoms with Crippen molar-refractivity contribution >= 4 is 28.5 Å². The van der Waals surface area contributed by atoms with Gasteiger partial charge in [-0.05, 0) is 47.9 Å². The van der Waals surface area contributed by atoms with Crippen LogP contribution in [-0.2, 0) is 28.7 Å². The van der Waals surface area contributed by atoms with Gasteiger partial charge in [0.2, 0.25) is 5.91 Å². The molecule has 0 aliphatic heterocycles. The average Bonchev–Trinajstić information content (AvgIpc) is 3.36. The van der Waals surface area contributed by atoms with Gasteiger partial charge in [-0.1, -0.05) is 48.5 Å². The van der Waals surface area contributed by atoms with E-state index in [1.165, 1.54) is 24.1 Å². The summed E-state index contributed by atoms with van der Waals surface area (Å²) in [6.45, 7) is 0.579. The first kappa shape index (κ1) is 28.7. The number of ether oxygens (including phenoxy) is 1. The molecule has 10 heteroatoms. The van der Waals surface area contributed by atoms with E-state index in [9.17, 15) is 22.8 Å². The smallest absolute Gasteiger partial charge is 0.383 e. The molecular formula is C30H31F3N4O3. The molecule has 7 nitrogen and oxygen atoms in total. The van der Waals surface area contributed by atoms with E-state index in [0.717, 1.165) is 28.6 Å². The van der Waals surface area contributed by atoms with Crippen molar-refractivity contribution in [2.45, 2.75) is 19.1 Å². The van der Waals surface area contributed by atoms with Crippen molar-refractivity contribution in [1.29, 1.82) is 0 Å². The number of nitrogens with zero attached hydrogens (tertiary/aromatic N) is 2. The molecule has 2 N–H and O–H groups in total. The summed E-state index contributed by atoms with van der Waals surface area (Å²) in [5, 5.41) is 3.83. The zero-order valence-electron chi connectivity index (χ0n) is 22.1. The van der Waals surface area contributed by atoms with Gasteiger partial charge in [0.1, 0.15) is 6.54 Å². The normalized spacial score (nSPS) is 11.4. The van der Waals surface area contributed by atoms with Gasteiger partial charge in [-0.3, -0.25) is 4.79 Å². The van der Waals surface area contributed by atoms with Crippen LogP contribution >= 0.6 is 0 Å². The molecule has 4 rings (SSSR count). The first-order chi connectivity index (χ1) is 19.2. The molecule has 0 aliphatic rings. The molecule has 40 heavy (non-hydrogen) atoms. The first-order valence-corrected chi connectivity index (χ1v) is 12.8. The summed E-state index contributed by atoms with van der Waals surface area (Å²) < 4.78 is 44.4. The molecular weight excluding hydrogens is 521 g/mol. The summed E-state index contributed by atoms with van der Waals surface area (Å²) in [5.74, 6) is -0.334. The summed E-state index contributed by atoms with van der Waals surface area (Å²) in [6, 6.07) is 21.0. The Labute approximate surface area is 230 Å². The number of methoxy groups -OCH3 is 1. The molecule has 0 unspecified atom stereocenters. The lowest BCUT2D eigenvalue weighted by molar-refractivity contribution is -0.137. The number of urea groups is 1. The molecule has 1 heterocycles. The summed E-state index contributed by atoms with van der Waals surface area (Å²) in [4.78, 5) is 32.8. The monoisotopic (exact) mass is 552 g/mol. The van der Waals surface area contributed by atoms with Crippen LogP contribution in [0.4, 0.5) is 23.7 Å². The number of hydrogen-bond acceptors (Lipinski definition) is 3. The molecule has 3 amide bonds. The summed E-state index contributed by atoms with van der Waals surface area (Å²) in [6.07, 6.45) is -2.04. The topological polar surface area (TPSA) is 77.7 Å². The van der Waals surface area contributed by atoms with Crippen LogP contribution in [0.5, 0.6) is 0 Å². The van der Waals surface area contributed by atoms with E-state index in [-0.39, 0.29) is 32.1 Å². The van der Waals surface area contributed by atoms with E-state index in [1.807, 2.05) is 36.5 Å². The Morgan fingerprint density at radius 2 is 1.60 bits per heavy atom. The number of benzene rings is 3. The second-order valence-electron chi connectivity index (χ2n) is 9.33. The van der Waals surface area contributed by atoms with Crippen LogP contribution in [0.2, 0.25) is 0 Å². The third-order valence-corrected chi connectivity index (χ3v) is 6.54. The highest BCUT2D eigenvalue weighted by atomic mass is 19.4. The minimum atomic E-state index is -4.45. The van der Waals surface area contributed by atoms with E-state index < -0.39 is 17.8 Å². The SMILES string of the molecule is COCCN(CC(=O)N(CCc1c[nH]c2ccccc12)Cc1ccc(C(F)(F)F)cc1)C(=O)Nc1ccccc1. The summed E-state index contributed by atoms with van der Waals surface area (Å²) in [7, 11) is 1.51. The number of fused-ring (bicyclic) bond motifs is 1. The van der Waals surface area contributed by atoms with E-state index in [0.29, 0.717) is 24.2 Å². The number of anilines is 1. The first-order valence-electron chi connectivity index (χ1n) is 12.8. The van der Waals surface area contributed by atoms with Crippen LogP contribution in [0.25, 0.3) is 10.9 Å². The maximum Gasteiger partial charge on any atom is 0.416 e. The van der Waals surface area contributed by atoms with Gasteiger partial charge >= 0.3 is 12.2 Å². The highest BCUT2D eigenvalue weighted by Crippen LogP contribution is 2.29. The van der Waals surface area contributed by atoms with Gasteiger partial charge in [0.05, 0.1) is 12.2 Å². The molecule has 0 saturated carbocycles. The number of aromatic nitrogens is 1. The van der Waals surface area contributed by atoms with E-state index >= 15 is 0 Å². The predicted molar refractivity (Wildman–Crippen MR) is 148 cm³/mol. The van der Waals surface area contributed by atoms with Gasteiger partial charge in [-0.25, -0.2) is 4.79 Å². The Bertz CT molecular complexity index is 1410. The fourth-order valence-corrected chi connectivity index (χ4v) is 4.35. The Hall–Kier alpha value is -4.31. The number of rotatable bonds is 11. The van der Waals surface area contributed by atoms with Crippen molar-refractivity contribution in [1.82, 2.24) is 14.8 Å². The molecule has 4 aromatic rings. The number of carbonyl (C=O) groups is 2. The van der Waals surface area contributed by atoms with Crippen LogP contribution in [-0.4, -0.2) is 60.1 Å². The lowest BCUT2D eigenvalue weighted by Crippen LogP contribution is -2.46. The van der Waals surface area contributed by atoms with Crippen LogP contribution in [0.15, 0.2) is 85.1 Å². The lowest BCUT2D eigenvalue weighted by atomic mass is 10.1. The minimum absolute atomic E-state index is 0.0950. The zero-order chi connectivity index (χ0) is 28.5. The van der Waals surface area contributed by atoms with Crippen molar-refractivity contribution in [2.75, 3.05) is 38.7 Å². The maximum absolute atomic E-state index is 13.6. The predicted octanol–water partition coefficient (Wildman–Crippen LogP) is 5.94. The molecule has 0 atom stereocenters. The second-order valence-corrected chi connectivity index (χ2v) is 9.33. The largest absolute Gasteiger partial charge is 0.416 e. The summed E-state index contributed by atoms with van der Waals surface area (Å²) in [5.41, 5.74) is 2.37. The van der Waals surface area contributed by atoms with Gasteiger partial charge < -0.3 is 24.8 Å². The number of hydrogen-bond donors (Lipinski definition) is 2. The van der Waals surface area contributed by atoms with Crippen LogP contribution in [0.3, 0.4) is 0 Å². The van der Waals surface area contributed by atoms with Crippen LogP contribution in [0.1, 0.15) is 16.7 Å². The Morgan fingerprint density at radius 3 is 2.30 bits per heavy atom. The van der Waals surface area contributed by atoms with Crippen molar-refractivity contribution in [3.05, 3.63) is 102 Å². The third kappa shape index (κ3) is 7.63. The van der Waals surface area contributed by atoms with E-state index in [2.05, 4.69) is 10.3 Å². The van der Waals surface area contributed by atoms with Gasteiger partial charge in [-0.15, -0.1) is 0 Å². The standard InChI is InChI=1S/C30H31F3N4O3/c1-40-18-17-37(29(39)35-25-7-3-2-4-8-25)21-28(38)36(20-22-11-13-24(14-12-22)30(31,32)33)16-15-23-19-34-27-10-6-5-9-26(23)27/h2-14,19,34H,15-18,20-21H2,1H3,(H,35,39). The highest BCUT2D eigenvalue weighted by Gasteiger charge is 2.30. The number of amides is 3. The quantitative estimate of drug-likeness (QED) is 0.242. The van der Waals surface area contributed by atoms with Gasteiger partial charge in [-0.2, -0.15) is 13.2 Å². The van der Waals surface area contributed by atoms with E-state index in [4.69, 9.17) is 4.74 Å². The molecule has 0 radical (unpaired) electrons. The number of carbonyl (C=O) groups excluding carboxylic acids is 2. The van der Waals surface area contributed by atoms with Gasteiger partial charge in [0, 0.05) is 49.5 Å².